The topological polar surface area (TPSA) is 70.2 Å². The van der Waals surface area contributed by atoms with E-state index in [1.807, 2.05) is 44.6 Å². The van der Waals surface area contributed by atoms with Crippen LogP contribution in [-0.2, 0) is 0 Å². The second-order valence-corrected chi connectivity index (χ2v) is 4.61. The number of nitrogens with zero attached hydrogens (tertiary/aromatic N) is 3. The molecule has 0 amide bonds. The molecule has 4 rings (SSSR count). The molecule has 0 aliphatic heterocycles. The molecular weight excluding hydrogens is 250 g/mol. The average Bonchev–Trinajstić information content (AvgIpc) is 3.06. The maximum atomic E-state index is 4.30. The van der Waals surface area contributed by atoms with Crippen molar-refractivity contribution >= 4 is 22.1 Å². The number of aromatic amines is 2. The molecule has 100 valence electrons. The Morgan fingerprint density at radius 3 is 2.70 bits per heavy atom. The van der Waals surface area contributed by atoms with E-state index in [0.29, 0.717) is 0 Å². The first-order valence-electron chi connectivity index (χ1n) is 6.39. The minimum atomic E-state index is 0.861. The van der Waals surface area contributed by atoms with Crippen molar-refractivity contribution in [2.24, 2.45) is 0 Å². The van der Waals surface area contributed by atoms with E-state index in [9.17, 15) is 0 Å². The molecule has 5 nitrogen and oxygen atoms in total. The fraction of sp³-hybridized carbons (Fsp3) is 0.133. The summed E-state index contributed by atoms with van der Waals surface area (Å²) in [6, 6.07) is 5.98. The summed E-state index contributed by atoms with van der Waals surface area (Å²) in [4.78, 5) is 18.7. The van der Waals surface area contributed by atoms with Crippen molar-refractivity contribution in [1.82, 2.24) is 24.9 Å². The van der Waals surface area contributed by atoms with Gasteiger partial charge in [-0.05, 0) is 32.0 Å². The summed E-state index contributed by atoms with van der Waals surface area (Å²) >= 11 is 0. The van der Waals surface area contributed by atoms with Gasteiger partial charge in [-0.2, -0.15) is 0 Å². The van der Waals surface area contributed by atoms with Gasteiger partial charge in [0.2, 0.25) is 0 Å². The van der Waals surface area contributed by atoms with Gasteiger partial charge in [0, 0.05) is 35.9 Å². The SMILES string of the molecule is Cc1ccc2c[nH]cc2n1.Cc1cnc2cc[nH]c2n1. The number of H-pyrrole nitrogens is 2. The lowest BCUT2D eigenvalue weighted by Crippen LogP contribution is -1.83. The standard InChI is InChI=1S/C8H8N2.C7H7N3/c1-6-2-3-7-4-9-5-8(7)10-6;1-5-4-9-6-2-3-8-7(6)10-5/h2-5,9H,1H3;2-4H,1H3,(H,8,10). The summed E-state index contributed by atoms with van der Waals surface area (Å²) in [7, 11) is 0. The van der Waals surface area contributed by atoms with Crippen molar-refractivity contribution in [2.75, 3.05) is 0 Å². The molecule has 0 radical (unpaired) electrons. The summed E-state index contributed by atoms with van der Waals surface area (Å²) in [5.41, 5.74) is 4.83. The number of rotatable bonds is 0. The van der Waals surface area contributed by atoms with E-state index in [2.05, 4.69) is 31.0 Å². The third-order valence-electron chi connectivity index (χ3n) is 2.94. The number of aromatic nitrogens is 5. The average molecular weight is 265 g/mol. The number of aryl methyl sites for hydroxylation is 2. The molecule has 0 bridgehead atoms. The zero-order chi connectivity index (χ0) is 13.9. The smallest absolute Gasteiger partial charge is 0.156 e. The van der Waals surface area contributed by atoms with Crippen molar-refractivity contribution in [3.8, 4) is 0 Å². The van der Waals surface area contributed by atoms with E-state index in [-0.39, 0.29) is 0 Å². The van der Waals surface area contributed by atoms with Gasteiger partial charge in [-0.25, -0.2) is 4.98 Å². The van der Waals surface area contributed by atoms with Crippen LogP contribution in [0.2, 0.25) is 0 Å². The first kappa shape index (κ1) is 12.3. The highest BCUT2D eigenvalue weighted by atomic mass is 14.9. The summed E-state index contributed by atoms with van der Waals surface area (Å²) in [5, 5.41) is 1.17. The summed E-state index contributed by atoms with van der Waals surface area (Å²) < 4.78 is 0. The Hall–Kier alpha value is -2.69. The second kappa shape index (κ2) is 5.13. The highest BCUT2D eigenvalue weighted by molar-refractivity contribution is 5.77. The molecule has 0 spiro atoms. The number of fused-ring (bicyclic) bond motifs is 2. The fourth-order valence-electron chi connectivity index (χ4n) is 1.95. The Kier molecular flexibility index (Phi) is 3.16. The fourth-order valence-corrected chi connectivity index (χ4v) is 1.95. The third kappa shape index (κ3) is 2.51. The van der Waals surface area contributed by atoms with Crippen LogP contribution in [0.5, 0.6) is 0 Å². The predicted molar refractivity (Wildman–Crippen MR) is 79.5 cm³/mol. The number of hydrogen-bond acceptors (Lipinski definition) is 3. The van der Waals surface area contributed by atoms with Crippen molar-refractivity contribution in [3.63, 3.8) is 0 Å². The minimum absolute atomic E-state index is 0.861. The minimum Gasteiger partial charge on any atom is -0.365 e. The van der Waals surface area contributed by atoms with Crippen LogP contribution < -0.4 is 0 Å². The zero-order valence-corrected chi connectivity index (χ0v) is 11.4. The first-order chi connectivity index (χ1) is 9.72. The monoisotopic (exact) mass is 265 g/mol. The molecule has 4 aromatic heterocycles. The normalized spacial score (nSPS) is 10.5. The highest BCUT2D eigenvalue weighted by Crippen LogP contribution is 2.09. The van der Waals surface area contributed by atoms with E-state index in [0.717, 1.165) is 28.1 Å². The Labute approximate surface area is 116 Å². The van der Waals surface area contributed by atoms with Crippen molar-refractivity contribution in [1.29, 1.82) is 0 Å². The molecule has 5 heteroatoms. The third-order valence-corrected chi connectivity index (χ3v) is 2.94. The Bertz CT molecular complexity index is 771. The van der Waals surface area contributed by atoms with Gasteiger partial charge in [0.25, 0.3) is 0 Å². The van der Waals surface area contributed by atoms with Crippen LogP contribution >= 0.6 is 0 Å². The van der Waals surface area contributed by atoms with Gasteiger partial charge in [-0.15, -0.1) is 0 Å². The molecule has 0 aliphatic carbocycles. The van der Waals surface area contributed by atoms with Crippen LogP contribution in [0.1, 0.15) is 11.4 Å². The van der Waals surface area contributed by atoms with Crippen molar-refractivity contribution in [2.45, 2.75) is 13.8 Å². The maximum absolute atomic E-state index is 4.30. The van der Waals surface area contributed by atoms with Gasteiger partial charge in [0.05, 0.1) is 11.2 Å². The van der Waals surface area contributed by atoms with Gasteiger partial charge < -0.3 is 9.97 Å². The van der Waals surface area contributed by atoms with Crippen molar-refractivity contribution in [3.05, 3.63) is 54.4 Å². The molecule has 2 N–H and O–H groups in total. The van der Waals surface area contributed by atoms with E-state index in [4.69, 9.17) is 0 Å². The number of nitrogens with one attached hydrogen (secondary N) is 2. The molecule has 20 heavy (non-hydrogen) atoms. The Balaban J connectivity index is 0.000000121. The first-order valence-corrected chi connectivity index (χ1v) is 6.39. The second-order valence-electron chi connectivity index (χ2n) is 4.61. The Morgan fingerprint density at radius 1 is 0.900 bits per heavy atom. The van der Waals surface area contributed by atoms with Gasteiger partial charge in [-0.3, -0.25) is 9.97 Å². The van der Waals surface area contributed by atoms with Crippen LogP contribution in [0.3, 0.4) is 0 Å². The quantitative estimate of drug-likeness (QED) is 0.513. The lowest BCUT2D eigenvalue weighted by Gasteiger charge is -1.89. The van der Waals surface area contributed by atoms with Gasteiger partial charge in [0.15, 0.2) is 5.65 Å². The molecule has 0 saturated heterocycles. The summed E-state index contributed by atoms with van der Waals surface area (Å²) in [6.07, 6.45) is 7.45. The lowest BCUT2D eigenvalue weighted by molar-refractivity contribution is 1.17. The number of pyridine rings is 1. The molecule has 4 heterocycles. The summed E-state index contributed by atoms with van der Waals surface area (Å²) in [6.45, 7) is 3.92. The molecule has 0 atom stereocenters. The highest BCUT2D eigenvalue weighted by Gasteiger charge is 1.94. The predicted octanol–water partition coefficient (Wildman–Crippen LogP) is 3.14. The Morgan fingerprint density at radius 2 is 1.80 bits per heavy atom. The van der Waals surface area contributed by atoms with Gasteiger partial charge in [-0.1, -0.05) is 0 Å². The largest absolute Gasteiger partial charge is 0.365 e. The number of hydrogen-bond donors (Lipinski definition) is 2. The molecule has 4 aromatic rings. The molecule has 0 fully saturated rings. The van der Waals surface area contributed by atoms with Crippen LogP contribution in [0, 0.1) is 13.8 Å². The molecule has 0 aromatic carbocycles. The van der Waals surface area contributed by atoms with E-state index < -0.39 is 0 Å². The van der Waals surface area contributed by atoms with Crippen LogP contribution in [-0.4, -0.2) is 24.9 Å². The van der Waals surface area contributed by atoms with Crippen LogP contribution in [0.4, 0.5) is 0 Å². The molecular formula is C15H15N5. The van der Waals surface area contributed by atoms with Gasteiger partial charge in [0.1, 0.15) is 5.52 Å². The van der Waals surface area contributed by atoms with Crippen molar-refractivity contribution < 1.29 is 0 Å². The van der Waals surface area contributed by atoms with E-state index in [1.165, 1.54) is 5.39 Å². The zero-order valence-electron chi connectivity index (χ0n) is 11.4. The lowest BCUT2D eigenvalue weighted by atomic mass is 10.3. The molecule has 0 aliphatic rings. The van der Waals surface area contributed by atoms with Crippen LogP contribution in [0.25, 0.3) is 22.1 Å². The van der Waals surface area contributed by atoms with Crippen LogP contribution in [0.15, 0.2) is 43.0 Å². The molecule has 0 unspecified atom stereocenters. The molecule has 0 saturated carbocycles. The van der Waals surface area contributed by atoms with Gasteiger partial charge >= 0.3 is 0 Å². The van der Waals surface area contributed by atoms with E-state index in [1.54, 1.807) is 6.20 Å². The summed E-state index contributed by atoms with van der Waals surface area (Å²) in [5.74, 6) is 0. The van der Waals surface area contributed by atoms with E-state index >= 15 is 0 Å². The maximum Gasteiger partial charge on any atom is 0.156 e.